The van der Waals surface area contributed by atoms with Gasteiger partial charge in [0.15, 0.2) is 6.61 Å². The molecule has 0 radical (unpaired) electrons. The van der Waals surface area contributed by atoms with Crippen molar-refractivity contribution >= 4 is 17.6 Å². The Kier molecular flexibility index (Phi) is 5.92. The molecule has 2 aromatic carbocycles. The third-order valence-electron chi connectivity index (χ3n) is 3.58. The van der Waals surface area contributed by atoms with Crippen LogP contribution in [0.1, 0.15) is 30.4 Å². The SMILES string of the molecule is CC[C@@H](C(=O)OCC(=O)Nc1ccc(C)cc1)c1ccccc1. The number of ether oxygens (including phenoxy) is 1. The number of amides is 1. The van der Waals surface area contributed by atoms with Gasteiger partial charge < -0.3 is 10.1 Å². The molecule has 1 atom stereocenters. The van der Waals surface area contributed by atoms with Gasteiger partial charge >= 0.3 is 5.97 Å². The molecule has 0 aliphatic heterocycles. The minimum Gasteiger partial charge on any atom is -0.455 e. The molecule has 0 aliphatic carbocycles. The van der Waals surface area contributed by atoms with Crippen LogP contribution in [0, 0.1) is 6.92 Å². The first-order valence-corrected chi connectivity index (χ1v) is 7.68. The highest BCUT2D eigenvalue weighted by Crippen LogP contribution is 2.20. The number of benzene rings is 2. The highest BCUT2D eigenvalue weighted by Gasteiger charge is 2.20. The molecule has 0 saturated carbocycles. The van der Waals surface area contributed by atoms with Crippen LogP contribution < -0.4 is 5.32 Å². The Morgan fingerprint density at radius 2 is 1.70 bits per heavy atom. The average molecular weight is 311 g/mol. The van der Waals surface area contributed by atoms with Gasteiger partial charge in [-0.25, -0.2) is 0 Å². The summed E-state index contributed by atoms with van der Waals surface area (Å²) < 4.78 is 5.16. The molecule has 0 heterocycles. The Hall–Kier alpha value is -2.62. The lowest BCUT2D eigenvalue weighted by atomic mass is 9.97. The van der Waals surface area contributed by atoms with E-state index in [4.69, 9.17) is 4.74 Å². The fourth-order valence-corrected chi connectivity index (χ4v) is 2.30. The maximum Gasteiger partial charge on any atom is 0.313 e. The van der Waals surface area contributed by atoms with E-state index in [2.05, 4.69) is 5.32 Å². The van der Waals surface area contributed by atoms with E-state index in [9.17, 15) is 9.59 Å². The summed E-state index contributed by atoms with van der Waals surface area (Å²) in [7, 11) is 0. The van der Waals surface area contributed by atoms with Crippen molar-refractivity contribution in [3.63, 3.8) is 0 Å². The molecule has 0 spiro atoms. The second kappa shape index (κ2) is 8.13. The van der Waals surface area contributed by atoms with Crippen LogP contribution >= 0.6 is 0 Å². The molecule has 0 saturated heterocycles. The summed E-state index contributed by atoms with van der Waals surface area (Å²) >= 11 is 0. The zero-order valence-electron chi connectivity index (χ0n) is 13.4. The number of hydrogen-bond donors (Lipinski definition) is 1. The Morgan fingerprint density at radius 1 is 1.04 bits per heavy atom. The van der Waals surface area contributed by atoms with Gasteiger partial charge in [-0.1, -0.05) is 55.0 Å². The van der Waals surface area contributed by atoms with Crippen LogP contribution in [0.15, 0.2) is 54.6 Å². The lowest BCUT2D eigenvalue weighted by Gasteiger charge is -2.14. The van der Waals surface area contributed by atoms with Crippen molar-refractivity contribution in [2.45, 2.75) is 26.2 Å². The van der Waals surface area contributed by atoms with Crippen molar-refractivity contribution in [3.05, 3.63) is 65.7 Å². The zero-order valence-corrected chi connectivity index (χ0v) is 13.4. The molecule has 0 fully saturated rings. The molecular weight excluding hydrogens is 290 g/mol. The van der Waals surface area contributed by atoms with Crippen molar-refractivity contribution in [3.8, 4) is 0 Å². The largest absolute Gasteiger partial charge is 0.455 e. The molecule has 120 valence electrons. The van der Waals surface area contributed by atoms with Gasteiger partial charge in [0.2, 0.25) is 0 Å². The van der Waals surface area contributed by atoms with Gasteiger partial charge in [0.1, 0.15) is 0 Å². The minimum absolute atomic E-state index is 0.282. The normalized spacial score (nSPS) is 11.6. The van der Waals surface area contributed by atoms with Crippen molar-refractivity contribution in [1.82, 2.24) is 0 Å². The van der Waals surface area contributed by atoms with E-state index in [-0.39, 0.29) is 24.4 Å². The highest BCUT2D eigenvalue weighted by atomic mass is 16.5. The van der Waals surface area contributed by atoms with E-state index in [1.165, 1.54) is 0 Å². The number of hydrogen-bond acceptors (Lipinski definition) is 3. The molecule has 0 aromatic heterocycles. The van der Waals surface area contributed by atoms with Crippen LogP contribution in [0.3, 0.4) is 0 Å². The molecule has 4 heteroatoms. The molecular formula is C19H21NO3. The second-order valence-corrected chi connectivity index (χ2v) is 5.39. The summed E-state index contributed by atoms with van der Waals surface area (Å²) in [6, 6.07) is 16.9. The quantitative estimate of drug-likeness (QED) is 0.828. The molecule has 1 N–H and O–H groups in total. The molecule has 4 nitrogen and oxygen atoms in total. The van der Waals surface area contributed by atoms with Crippen molar-refractivity contribution in [2.75, 3.05) is 11.9 Å². The third-order valence-corrected chi connectivity index (χ3v) is 3.58. The number of carbonyl (C=O) groups excluding carboxylic acids is 2. The van der Waals surface area contributed by atoms with Crippen LogP contribution in [-0.2, 0) is 14.3 Å². The molecule has 0 aliphatic rings. The van der Waals surface area contributed by atoms with E-state index in [0.717, 1.165) is 11.1 Å². The van der Waals surface area contributed by atoms with Crippen LogP contribution in [0.5, 0.6) is 0 Å². The first-order valence-electron chi connectivity index (χ1n) is 7.68. The molecule has 2 rings (SSSR count). The van der Waals surface area contributed by atoms with E-state index >= 15 is 0 Å². The summed E-state index contributed by atoms with van der Waals surface area (Å²) in [6.45, 7) is 3.61. The van der Waals surface area contributed by atoms with Crippen LogP contribution in [0.4, 0.5) is 5.69 Å². The van der Waals surface area contributed by atoms with Gasteiger partial charge in [-0.15, -0.1) is 0 Å². The molecule has 23 heavy (non-hydrogen) atoms. The van der Waals surface area contributed by atoms with E-state index < -0.39 is 0 Å². The maximum absolute atomic E-state index is 12.2. The molecule has 2 aromatic rings. The number of esters is 1. The summed E-state index contributed by atoms with van der Waals surface area (Å²) in [5.41, 5.74) is 2.70. The van der Waals surface area contributed by atoms with E-state index in [1.807, 2.05) is 68.4 Å². The van der Waals surface area contributed by atoms with E-state index in [0.29, 0.717) is 12.1 Å². The van der Waals surface area contributed by atoms with Crippen LogP contribution in [-0.4, -0.2) is 18.5 Å². The lowest BCUT2D eigenvalue weighted by Crippen LogP contribution is -2.23. The second-order valence-electron chi connectivity index (χ2n) is 5.39. The summed E-state index contributed by atoms with van der Waals surface area (Å²) in [6.07, 6.45) is 0.627. The Bertz CT molecular complexity index is 650. The Morgan fingerprint density at radius 3 is 2.30 bits per heavy atom. The van der Waals surface area contributed by atoms with Crippen LogP contribution in [0.2, 0.25) is 0 Å². The predicted octanol–water partition coefficient (Wildman–Crippen LogP) is 3.67. The number of aryl methyl sites for hydroxylation is 1. The van der Waals surface area contributed by atoms with Crippen molar-refractivity contribution in [1.29, 1.82) is 0 Å². The van der Waals surface area contributed by atoms with Gasteiger partial charge in [0.25, 0.3) is 5.91 Å². The molecule has 1 amide bonds. The summed E-state index contributed by atoms with van der Waals surface area (Å²) in [5.74, 6) is -1.06. The zero-order chi connectivity index (χ0) is 16.7. The van der Waals surface area contributed by atoms with Gasteiger partial charge in [-0.3, -0.25) is 9.59 Å². The fourth-order valence-electron chi connectivity index (χ4n) is 2.30. The summed E-state index contributed by atoms with van der Waals surface area (Å²) in [5, 5.41) is 2.71. The van der Waals surface area contributed by atoms with E-state index in [1.54, 1.807) is 0 Å². The third kappa shape index (κ3) is 4.95. The summed E-state index contributed by atoms with van der Waals surface area (Å²) in [4.78, 5) is 24.0. The van der Waals surface area contributed by atoms with Gasteiger partial charge in [0, 0.05) is 5.69 Å². The number of rotatable bonds is 6. The Balaban J connectivity index is 1.87. The minimum atomic E-state index is -0.377. The maximum atomic E-state index is 12.2. The smallest absolute Gasteiger partial charge is 0.313 e. The molecule has 0 bridgehead atoms. The van der Waals surface area contributed by atoms with Gasteiger partial charge in [-0.05, 0) is 31.0 Å². The lowest BCUT2D eigenvalue weighted by molar-refractivity contribution is -0.149. The first kappa shape index (κ1) is 16.7. The molecule has 0 unspecified atom stereocenters. The average Bonchev–Trinajstić information content (AvgIpc) is 2.57. The monoisotopic (exact) mass is 311 g/mol. The predicted molar refractivity (Wildman–Crippen MR) is 90.2 cm³/mol. The van der Waals surface area contributed by atoms with Crippen LogP contribution in [0.25, 0.3) is 0 Å². The highest BCUT2D eigenvalue weighted by molar-refractivity contribution is 5.93. The van der Waals surface area contributed by atoms with Gasteiger partial charge in [0.05, 0.1) is 5.92 Å². The Labute approximate surface area is 136 Å². The van der Waals surface area contributed by atoms with Crippen molar-refractivity contribution in [2.24, 2.45) is 0 Å². The number of nitrogens with one attached hydrogen (secondary N) is 1. The number of carbonyl (C=O) groups is 2. The first-order chi connectivity index (χ1) is 11.1. The van der Waals surface area contributed by atoms with Crippen molar-refractivity contribution < 1.29 is 14.3 Å². The standard InChI is InChI=1S/C19H21NO3/c1-3-17(15-7-5-4-6-8-15)19(22)23-13-18(21)20-16-11-9-14(2)10-12-16/h4-12,17H,3,13H2,1-2H3,(H,20,21)/t17-/m1/s1. The van der Waals surface area contributed by atoms with Gasteiger partial charge in [-0.2, -0.15) is 0 Å². The number of anilines is 1. The fraction of sp³-hybridized carbons (Fsp3) is 0.263. The topological polar surface area (TPSA) is 55.4 Å².